The molecule has 1 spiro atoms. The lowest BCUT2D eigenvalue weighted by molar-refractivity contribution is -0.754. The third-order valence-corrected chi connectivity index (χ3v) is 10.2. The van der Waals surface area contributed by atoms with Gasteiger partial charge in [-0.25, -0.2) is 0 Å². The van der Waals surface area contributed by atoms with E-state index in [9.17, 15) is 0 Å². The normalized spacial score (nSPS) is 18.6. The maximum absolute atomic E-state index is 2.79. The highest BCUT2D eigenvalue weighted by Crippen LogP contribution is 2.65. The summed E-state index contributed by atoms with van der Waals surface area (Å²) in [7, 11) is 0. The van der Waals surface area contributed by atoms with E-state index in [0.29, 0.717) is 0 Å². The second-order valence-corrected chi connectivity index (χ2v) is 11.6. The number of benzene rings is 5. The fraction of sp³-hybridized carbons (Fsp3) is 0.304. The first-order valence-corrected chi connectivity index (χ1v) is 18.8. The molecule has 4 heterocycles. The molecule has 0 saturated carbocycles. The Morgan fingerprint density at radius 3 is 1.79 bits per heavy atom. The standard InChI is InChI=1S/C36H22N2.5C2H6/c1-5-14-28-20(8-1)19-30-27-13-7-9-21-18-22-16-17-25-23-10-2-3-11-24(23)31-26-12-4-6-15-29(26)38-35(31)32(25)34(22)36(38,33(21)27)37(28)30;5*1-2/h1-17,31H,18-19H2;5*1-2H3/q+2;;;;;. The van der Waals surface area contributed by atoms with Gasteiger partial charge in [-0.05, 0) is 40.3 Å². The molecule has 2 nitrogen and oxygen atoms in total. The second-order valence-electron chi connectivity index (χ2n) is 11.6. The first-order chi connectivity index (χ1) is 23.9. The highest BCUT2D eigenvalue weighted by molar-refractivity contribution is 6.18. The Kier molecular flexibility index (Phi) is 9.14. The molecule has 2 atom stereocenters. The molecule has 0 radical (unpaired) electrons. The summed E-state index contributed by atoms with van der Waals surface area (Å²) in [5.41, 5.74) is 21.4. The number of para-hydroxylation sites is 2. The van der Waals surface area contributed by atoms with Crippen molar-refractivity contribution in [2.24, 2.45) is 0 Å². The van der Waals surface area contributed by atoms with Gasteiger partial charge < -0.3 is 0 Å². The topological polar surface area (TPSA) is 6.02 Å². The molecule has 2 unspecified atom stereocenters. The molecule has 5 aromatic rings. The SMILES string of the molecule is CC.CC.CC.CC.CC.c1ccc2c(c1)CC1=[N+]2C23c4c(cccc41)Cc1ccc4c(c12)C1=[N+]3c2ccccc2C1c1ccccc1-4. The van der Waals surface area contributed by atoms with Crippen LogP contribution in [-0.2, 0) is 18.5 Å². The van der Waals surface area contributed by atoms with Gasteiger partial charge in [-0.2, -0.15) is 0 Å². The Morgan fingerprint density at radius 1 is 0.458 bits per heavy atom. The lowest BCUT2D eigenvalue weighted by Gasteiger charge is -2.30. The van der Waals surface area contributed by atoms with E-state index in [1.807, 2.05) is 69.2 Å². The van der Waals surface area contributed by atoms with Crippen molar-refractivity contribution in [2.75, 3.05) is 0 Å². The van der Waals surface area contributed by atoms with Gasteiger partial charge in [-0.15, -0.1) is 9.15 Å². The summed E-state index contributed by atoms with van der Waals surface area (Å²) in [4.78, 5) is 0. The molecule has 0 aromatic heterocycles. The van der Waals surface area contributed by atoms with Gasteiger partial charge >= 0.3 is 5.66 Å². The Bertz CT molecular complexity index is 2090. The Morgan fingerprint density at radius 2 is 1.04 bits per heavy atom. The van der Waals surface area contributed by atoms with Gasteiger partial charge in [0.05, 0.1) is 17.5 Å². The third-order valence-electron chi connectivity index (χ3n) is 10.2. The van der Waals surface area contributed by atoms with E-state index in [4.69, 9.17) is 0 Å². The van der Waals surface area contributed by atoms with Crippen LogP contribution in [0.5, 0.6) is 0 Å². The minimum absolute atomic E-state index is 0.263. The smallest absolute Gasteiger partial charge is 0.122 e. The van der Waals surface area contributed by atoms with Crippen LogP contribution >= 0.6 is 0 Å². The summed E-state index contributed by atoms with van der Waals surface area (Å²) < 4.78 is 5.54. The number of nitrogens with zero attached hydrogens (tertiary/aromatic N) is 2. The molecular weight excluding hydrogens is 581 g/mol. The molecule has 6 aliphatic rings. The fourth-order valence-electron chi connectivity index (χ4n) is 9.08. The molecule has 5 aromatic carbocycles. The molecule has 48 heavy (non-hydrogen) atoms. The van der Waals surface area contributed by atoms with Crippen LogP contribution in [0.2, 0.25) is 0 Å². The van der Waals surface area contributed by atoms with E-state index in [1.54, 1.807) is 0 Å². The van der Waals surface area contributed by atoms with Crippen molar-refractivity contribution < 1.29 is 9.15 Å². The highest BCUT2D eigenvalue weighted by Gasteiger charge is 2.76. The van der Waals surface area contributed by atoms with E-state index in [0.717, 1.165) is 12.8 Å². The molecular formula is C46H52N2+2. The summed E-state index contributed by atoms with van der Waals surface area (Å²) in [5, 5.41) is 0. The maximum Gasteiger partial charge on any atom is 0.418 e. The molecule has 0 saturated heterocycles. The lowest BCUT2D eigenvalue weighted by atomic mass is 9.69. The van der Waals surface area contributed by atoms with Gasteiger partial charge in [0.25, 0.3) is 0 Å². The second kappa shape index (κ2) is 13.2. The molecule has 2 heteroatoms. The number of hydrogen-bond donors (Lipinski definition) is 0. The van der Waals surface area contributed by atoms with Crippen molar-refractivity contribution in [3.8, 4) is 11.1 Å². The van der Waals surface area contributed by atoms with Crippen LogP contribution in [0.1, 0.15) is 125 Å². The van der Waals surface area contributed by atoms with Crippen LogP contribution in [0.15, 0.2) is 103 Å². The van der Waals surface area contributed by atoms with E-state index in [2.05, 4.69) is 112 Å². The van der Waals surface area contributed by atoms with E-state index in [1.165, 1.54) is 84.0 Å². The molecule has 244 valence electrons. The Hall–Kier alpha value is -4.56. The van der Waals surface area contributed by atoms with Crippen LogP contribution in [0, 0.1) is 0 Å². The summed E-state index contributed by atoms with van der Waals surface area (Å²) >= 11 is 0. The van der Waals surface area contributed by atoms with Gasteiger partial charge in [0.2, 0.25) is 22.8 Å². The van der Waals surface area contributed by atoms with Crippen molar-refractivity contribution in [1.82, 2.24) is 0 Å². The highest BCUT2D eigenvalue weighted by atomic mass is 15.4. The van der Waals surface area contributed by atoms with Crippen molar-refractivity contribution in [3.05, 3.63) is 153 Å². The minimum Gasteiger partial charge on any atom is -0.122 e. The average Bonchev–Trinajstić information content (AvgIpc) is 3.91. The summed E-state index contributed by atoms with van der Waals surface area (Å²) in [6, 6.07) is 39.4. The summed E-state index contributed by atoms with van der Waals surface area (Å²) in [5.74, 6) is 0.263. The zero-order chi connectivity index (χ0) is 34.3. The van der Waals surface area contributed by atoms with Crippen LogP contribution in [0.25, 0.3) is 11.1 Å². The molecule has 0 N–H and O–H groups in total. The first-order valence-electron chi connectivity index (χ1n) is 18.8. The largest absolute Gasteiger partial charge is 0.418 e. The molecule has 4 aliphatic heterocycles. The number of hydrogen-bond acceptors (Lipinski definition) is 0. The van der Waals surface area contributed by atoms with Gasteiger partial charge in [-0.3, -0.25) is 0 Å². The van der Waals surface area contributed by atoms with Crippen LogP contribution < -0.4 is 0 Å². The van der Waals surface area contributed by atoms with E-state index >= 15 is 0 Å². The minimum atomic E-state index is -0.380. The van der Waals surface area contributed by atoms with E-state index < -0.39 is 0 Å². The summed E-state index contributed by atoms with van der Waals surface area (Å²) in [6.45, 7) is 20.0. The fourth-order valence-corrected chi connectivity index (χ4v) is 9.08. The van der Waals surface area contributed by atoms with Gasteiger partial charge in [-0.1, -0.05) is 154 Å². The third kappa shape index (κ3) is 3.92. The van der Waals surface area contributed by atoms with Crippen LogP contribution in [0.3, 0.4) is 0 Å². The van der Waals surface area contributed by atoms with Gasteiger partial charge in [0, 0.05) is 23.3 Å². The van der Waals surface area contributed by atoms with Crippen LogP contribution in [-0.4, -0.2) is 20.6 Å². The van der Waals surface area contributed by atoms with Gasteiger partial charge in [0.1, 0.15) is 17.0 Å². The van der Waals surface area contributed by atoms with Crippen molar-refractivity contribution in [2.45, 2.75) is 93.7 Å². The predicted molar refractivity (Wildman–Crippen MR) is 205 cm³/mol. The predicted octanol–water partition coefficient (Wildman–Crippen LogP) is 11.9. The maximum atomic E-state index is 2.79. The Balaban J connectivity index is 0.000000372. The first kappa shape index (κ1) is 33.3. The van der Waals surface area contributed by atoms with Crippen LogP contribution in [0.4, 0.5) is 11.4 Å². The average molecular weight is 633 g/mol. The molecule has 0 fully saturated rings. The Labute approximate surface area is 289 Å². The lowest BCUT2D eigenvalue weighted by Crippen LogP contribution is -2.45. The zero-order valence-corrected chi connectivity index (χ0v) is 30.7. The monoisotopic (exact) mass is 632 g/mol. The van der Waals surface area contributed by atoms with E-state index in [-0.39, 0.29) is 11.6 Å². The summed E-state index contributed by atoms with van der Waals surface area (Å²) in [6.07, 6.45) is 2.00. The zero-order valence-electron chi connectivity index (χ0n) is 30.7. The quantitative estimate of drug-likeness (QED) is 0.150. The van der Waals surface area contributed by atoms with Crippen molar-refractivity contribution in [3.63, 3.8) is 0 Å². The molecule has 0 bridgehead atoms. The molecule has 11 rings (SSSR count). The number of fused-ring (bicyclic) bond motifs is 9. The molecule has 2 aliphatic carbocycles. The number of rotatable bonds is 0. The van der Waals surface area contributed by atoms with Gasteiger partial charge in [0.15, 0.2) is 0 Å². The molecule has 0 amide bonds. The van der Waals surface area contributed by atoms with Crippen molar-refractivity contribution in [1.29, 1.82) is 0 Å². The van der Waals surface area contributed by atoms with Crippen molar-refractivity contribution >= 4 is 22.8 Å².